The van der Waals surface area contributed by atoms with Crippen molar-refractivity contribution in [2.75, 3.05) is 0 Å². The maximum Gasteiger partial charge on any atom is 0.273 e. The summed E-state index contributed by atoms with van der Waals surface area (Å²) in [6.07, 6.45) is -10.6. The Morgan fingerprint density at radius 3 is 1.23 bits per heavy atom. The van der Waals surface area contributed by atoms with Gasteiger partial charge in [-0.25, -0.2) is 35.1 Å². The lowest BCUT2D eigenvalue weighted by molar-refractivity contribution is -0.0206. The molecular weight excluding hydrogens is 510 g/mol. The van der Waals surface area contributed by atoms with E-state index in [4.69, 9.17) is 0 Å². The van der Waals surface area contributed by atoms with Crippen molar-refractivity contribution in [1.29, 1.82) is 0 Å². The predicted molar refractivity (Wildman–Crippen MR) is 115 cm³/mol. The van der Waals surface area contributed by atoms with Gasteiger partial charge in [0.05, 0.1) is 0 Å². The number of thioether (sulfide) groups is 1. The molecule has 192 valence electrons. The summed E-state index contributed by atoms with van der Waals surface area (Å²) in [5, 5.41) is -4.48. The highest BCUT2D eigenvalue weighted by atomic mass is 32.2. The number of alkyl halides is 6. The van der Waals surface area contributed by atoms with Crippen molar-refractivity contribution in [2.45, 2.75) is 49.9 Å². The molecule has 0 aliphatic heterocycles. The fourth-order valence-corrected chi connectivity index (χ4v) is 3.55. The Kier molecular flexibility index (Phi) is 10.3. The van der Waals surface area contributed by atoms with Crippen molar-refractivity contribution >= 4 is 11.8 Å². The molecule has 0 spiro atoms. The second kappa shape index (κ2) is 12.5. The van der Waals surface area contributed by atoms with Gasteiger partial charge >= 0.3 is 0 Å². The minimum absolute atomic E-state index is 0.477. The lowest BCUT2D eigenvalue weighted by Gasteiger charge is -2.18. The summed E-state index contributed by atoms with van der Waals surface area (Å²) < 4.78 is 139. The molecule has 0 saturated carbocycles. The second-order valence-electron chi connectivity index (χ2n) is 7.50. The molecule has 2 atom stereocenters. The van der Waals surface area contributed by atoms with E-state index in [1.54, 1.807) is 0 Å². The lowest BCUT2D eigenvalue weighted by Crippen LogP contribution is -2.16. The van der Waals surface area contributed by atoms with E-state index < -0.39 is 94.7 Å². The SMILES string of the molecule is FC(SC(F)=C(F)C(F)CCC(F)(F)c1ccccc1)=C(F)C(F)CCC(F)(F)c1ccccc1. The molecule has 2 aromatic carbocycles. The van der Waals surface area contributed by atoms with Crippen LogP contribution in [0, 0.1) is 0 Å². The zero-order valence-electron chi connectivity index (χ0n) is 17.9. The predicted octanol–water partition coefficient (Wildman–Crippen LogP) is 9.76. The zero-order chi connectivity index (χ0) is 26.2. The van der Waals surface area contributed by atoms with Crippen molar-refractivity contribution < 1.29 is 43.9 Å². The summed E-state index contributed by atoms with van der Waals surface area (Å²) >= 11 is -0.947. The van der Waals surface area contributed by atoms with Crippen molar-refractivity contribution in [2.24, 2.45) is 0 Å². The van der Waals surface area contributed by atoms with Gasteiger partial charge in [0.2, 0.25) is 0 Å². The standard InChI is InChI=1S/C24H20F10S/c25-17(11-13-23(31,32)15-7-3-1-4-8-15)19(27)21(29)35-22(30)20(28)18(26)12-14-24(33,34)16-9-5-2-6-10-16/h1-10,17-18H,11-14H2. The van der Waals surface area contributed by atoms with Crippen LogP contribution >= 0.6 is 11.8 Å². The van der Waals surface area contributed by atoms with Crippen molar-refractivity contribution in [3.8, 4) is 0 Å². The quantitative estimate of drug-likeness (QED) is 0.246. The Hall–Kier alpha value is -2.43. The molecule has 0 nitrogen and oxygen atoms in total. The van der Waals surface area contributed by atoms with Crippen LogP contribution in [-0.4, -0.2) is 12.3 Å². The molecule has 0 aliphatic carbocycles. The molecule has 2 aromatic rings. The van der Waals surface area contributed by atoms with E-state index in [9.17, 15) is 43.9 Å². The minimum atomic E-state index is -3.56. The van der Waals surface area contributed by atoms with Crippen LogP contribution in [0.1, 0.15) is 36.8 Å². The van der Waals surface area contributed by atoms with Crippen molar-refractivity contribution in [3.63, 3.8) is 0 Å². The minimum Gasteiger partial charge on any atom is -0.240 e. The molecule has 0 aliphatic rings. The molecule has 2 rings (SSSR count). The van der Waals surface area contributed by atoms with Crippen molar-refractivity contribution in [3.05, 3.63) is 93.8 Å². The topological polar surface area (TPSA) is 0 Å². The molecule has 2 unspecified atom stereocenters. The van der Waals surface area contributed by atoms with Gasteiger partial charge in [0, 0.05) is 24.0 Å². The van der Waals surface area contributed by atoms with Gasteiger partial charge in [-0.05, 0) is 24.6 Å². The van der Waals surface area contributed by atoms with Gasteiger partial charge in [-0.3, -0.25) is 0 Å². The maximum absolute atomic E-state index is 14.0. The van der Waals surface area contributed by atoms with Crippen LogP contribution in [0.2, 0.25) is 0 Å². The second-order valence-corrected chi connectivity index (χ2v) is 8.42. The maximum atomic E-state index is 14.0. The Morgan fingerprint density at radius 2 is 0.914 bits per heavy atom. The smallest absolute Gasteiger partial charge is 0.240 e. The number of allylic oxidation sites excluding steroid dienone is 2. The summed E-state index contributed by atoms with van der Waals surface area (Å²) in [5.74, 6) is -11.7. The zero-order valence-corrected chi connectivity index (χ0v) is 18.8. The van der Waals surface area contributed by atoms with Crippen LogP contribution < -0.4 is 0 Å². The van der Waals surface area contributed by atoms with Crippen LogP contribution in [0.3, 0.4) is 0 Å². The average Bonchev–Trinajstić information content (AvgIpc) is 2.85. The largest absolute Gasteiger partial charge is 0.273 e. The van der Waals surface area contributed by atoms with Gasteiger partial charge in [-0.1, -0.05) is 60.7 Å². The Labute approximate surface area is 199 Å². The third kappa shape index (κ3) is 8.33. The molecule has 0 heterocycles. The third-order valence-corrected chi connectivity index (χ3v) is 5.67. The van der Waals surface area contributed by atoms with Crippen LogP contribution in [0.25, 0.3) is 0 Å². The van der Waals surface area contributed by atoms with E-state index >= 15 is 0 Å². The summed E-state index contributed by atoms with van der Waals surface area (Å²) in [4.78, 5) is 0. The fraction of sp³-hybridized carbons (Fsp3) is 0.333. The summed E-state index contributed by atoms with van der Waals surface area (Å²) in [7, 11) is 0. The third-order valence-electron chi connectivity index (χ3n) is 4.92. The highest BCUT2D eigenvalue weighted by molar-refractivity contribution is 8.06. The number of halogens is 10. The number of hydrogen-bond acceptors (Lipinski definition) is 1. The number of rotatable bonds is 12. The molecular formula is C24H20F10S. The molecule has 0 N–H and O–H groups in total. The normalized spacial score (nSPS) is 15.8. The molecule has 11 heteroatoms. The van der Waals surface area contributed by atoms with Gasteiger partial charge < -0.3 is 0 Å². The summed E-state index contributed by atoms with van der Waals surface area (Å²) in [6, 6.07) is 12.4. The van der Waals surface area contributed by atoms with E-state index in [2.05, 4.69) is 0 Å². The summed E-state index contributed by atoms with van der Waals surface area (Å²) in [6.45, 7) is 0. The molecule has 0 radical (unpaired) electrons. The van der Waals surface area contributed by atoms with E-state index in [0.717, 1.165) is 24.3 Å². The highest BCUT2D eigenvalue weighted by Crippen LogP contribution is 2.40. The van der Waals surface area contributed by atoms with Gasteiger partial charge in [-0.15, -0.1) is 0 Å². The Bertz CT molecular complexity index is 924. The van der Waals surface area contributed by atoms with Gasteiger partial charge in [-0.2, -0.15) is 8.78 Å². The average molecular weight is 530 g/mol. The highest BCUT2D eigenvalue weighted by Gasteiger charge is 2.35. The van der Waals surface area contributed by atoms with Gasteiger partial charge in [0.1, 0.15) is 0 Å². The van der Waals surface area contributed by atoms with E-state index in [-0.39, 0.29) is 0 Å². The fourth-order valence-electron chi connectivity index (χ4n) is 2.94. The first-order valence-corrected chi connectivity index (χ1v) is 11.1. The van der Waals surface area contributed by atoms with E-state index in [0.29, 0.717) is 0 Å². The van der Waals surface area contributed by atoms with Crippen LogP contribution in [0.4, 0.5) is 43.9 Å². The number of benzene rings is 2. The molecule has 0 bridgehead atoms. The van der Waals surface area contributed by atoms with Crippen LogP contribution in [0.15, 0.2) is 82.6 Å². The van der Waals surface area contributed by atoms with E-state index in [1.165, 1.54) is 36.4 Å². The van der Waals surface area contributed by atoms with Gasteiger partial charge in [0.15, 0.2) is 34.3 Å². The Morgan fingerprint density at radius 1 is 0.600 bits per heavy atom. The molecule has 35 heavy (non-hydrogen) atoms. The monoisotopic (exact) mass is 530 g/mol. The molecule has 0 fully saturated rings. The first kappa shape index (κ1) is 28.8. The Balaban J connectivity index is 1.97. The van der Waals surface area contributed by atoms with E-state index in [1.807, 2.05) is 0 Å². The van der Waals surface area contributed by atoms with Gasteiger partial charge in [0.25, 0.3) is 11.8 Å². The molecule has 0 saturated heterocycles. The first-order valence-electron chi connectivity index (χ1n) is 10.3. The molecule has 0 amide bonds. The lowest BCUT2D eigenvalue weighted by atomic mass is 10.0. The van der Waals surface area contributed by atoms with Crippen LogP contribution in [-0.2, 0) is 11.8 Å². The van der Waals surface area contributed by atoms with Crippen LogP contribution in [0.5, 0.6) is 0 Å². The summed E-state index contributed by atoms with van der Waals surface area (Å²) in [5.41, 5.74) is -0.955. The first-order chi connectivity index (χ1) is 16.3. The van der Waals surface area contributed by atoms with Crippen molar-refractivity contribution in [1.82, 2.24) is 0 Å². The number of hydrogen-bond donors (Lipinski definition) is 0. The molecule has 0 aromatic heterocycles.